The van der Waals surface area contributed by atoms with Gasteiger partial charge in [0.1, 0.15) is 10.4 Å². The minimum absolute atomic E-state index is 0.275. The van der Waals surface area contributed by atoms with Crippen LogP contribution in [-0.2, 0) is 14.6 Å². The summed E-state index contributed by atoms with van der Waals surface area (Å²) in [5.74, 6) is 0.597. The van der Waals surface area contributed by atoms with Gasteiger partial charge in [-0.15, -0.1) is 0 Å². The third-order valence-corrected chi connectivity index (χ3v) is 6.91. The summed E-state index contributed by atoms with van der Waals surface area (Å²) in [7, 11) is -3.32. The summed E-state index contributed by atoms with van der Waals surface area (Å²) in [4.78, 5) is 8.74. The lowest BCUT2D eigenvalue weighted by atomic mass is 10.1. The molecule has 0 aliphatic heterocycles. The van der Waals surface area contributed by atoms with Crippen molar-refractivity contribution in [2.45, 2.75) is 37.4 Å². The number of imidazole rings is 1. The maximum absolute atomic E-state index is 12.3. The predicted molar refractivity (Wildman–Crippen MR) is 88.2 cm³/mol. The topological polar surface area (TPSA) is 90.4 Å². The van der Waals surface area contributed by atoms with E-state index in [0.29, 0.717) is 18.7 Å². The molecule has 4 rings (SSSR count). The van der Waals surface area contributed by atoms with Crippen LogP contribution in [-0.4, -0.2) is 34.2 Å². The maximum Gasteiger partial charge on any atom is 0.258 e. The van der Waals surface area contributed by atoms with Crippen molar-refractivity contribution >= 4 is 15.5 Å². The maximum atomic E-state index is 12.3. The Kier molecular flexibility index (Phi) is 3.28. The van der Waals surface area contributed by atoms with Crippen molar-refractivity contribution < 1.29 is 12.9 Å². The fourth-order valence-electron chi connectivity index (χ4n) is 3.47. The van der Waals surface area contributed by atoms with Crippen LogP contribution in [0.2, 0.25) is 0 Å². The Morgan fingerprint density at radius 2 is 2.04 bits per heavy atom. The van der Waals surface area contributed by atoms with E-state index in [1.165, 1.54) is 6.26 Å². The number of nitrogens with zero attached hydrogens (tertiary/aromatic N) is 4. The Bertz CT molecular complexity index is 1010. The molecule has 24 heavy (non-hydrogen) atoms. The minimum Gasteiger partial charge on any atom is -0.334 e. The van der Waals surface area contributed by atoms with Crippen LogP contribution < -0.4 is 0 Å². The second-order valence-corrected chi connectivity index (χ2v) is 8.77. The van der Waals surface area contributed by atoms with Crippen molar-refractivity contribution in [1.29, 1.82) is 0 Å². The molecule has 0 atom stereocenters. The molecule has 1 saturated carbocycles. The van der Waals surface area contributed by atoms with E-state index in [4.69, 9.17) is 4.52 Å². The molecular formula is C16H18N4O3S. The van der Waals surface area contributed by atoms with Gasteiger partial charge in [0.05, 0.1) is 0 Å². The lowest BCUT2D eigenvalue weighted by molar-refractivity contribution is 0.405. The highest BCUT2D eigenvalue weighted by Gasteiger charge is 2.48. The van der Waals surface area contributed by atoms with Gasteiger partial charge >= 0.3 is 0 Å². The largest absolute Gasteiger partial charge is 0.334 e. The van der Waals surface area contributed by atoms with Crippen molar-refractivity contribution in [2.75, 3.05) is 6.26 Å². The summed E-state index contributed by atoms with van der Waals surface area (Å²) < 4.78 is 31.0. The van der Waals surface area contributed by atoms with Crippen LogP contribution in [0.15, 0.2) is 29.0 Å². The summed E-state index contributed by atoms with van der Waals surface area (Å²) >= 11 is 0. The van der Waals surface area contributed by atoms with Crippen LogP contribution in [0.4, 0.5) is 0 Å². The van der Waals surface area contributed by atoms with Crippen molar-refractivity contribution in [3.8, 4) is 11.5 Å². The summed E-state index contributed by atoms with van der Waals surface area (Å²) in [6.45, 7) is 1.97. The zero-order valence-corrected chi connectivity index (χ0v) is 14.4. The summed E-state index contributed by atoms with van der Waals surface area (Å²) in [5.41, 5.74) is 2.54. The fourth-order valence-corrected chi connectivity index (χ4v) is 4.92. The first-order chi connectivity index (χ1) is 11.4. The summed E-state index contributed by atoms with van der Waals surface area (Å²) in [6, 6.07) is 3.72. The Hall–Kier alpha value is -2.22. The molecule has 1 aliphatic rings. The Morgan fingerprint density at radius 3 is 2.75 bits per heavy atom. The van der Waals surface area contributed by atoms with Crippen LogP contribution in [0, 0.1) is 6.92 Å². The van der Waals surface area contributed by atoms with Crippen molar-refractivity contribution in [3.63, 3.8) is 0 Å². The second kappa shape index (κ2) is 5.14. The number of hydrogen-bond acceptors (Lipinski definition) is 6. The normalized spacial score (nSPS) is 17.6. The molecule has 3 aromatic heterocycles. The van der Waals surface area contributed by atoms with Gasteiger partial charge in [0, 0.05) is 29.9 Å². The van der Waals surface area contributed by atoms with Crippen LogP contribution in [0.1, 0.15) is 37.2 Å². The summed E-state index contributed by atoms with van der Waals surface area (Å²) in [6.07, 6.45) is 7.74. The van der Waals surface area contributed by atoms with Crippen molar-refractivity contribution in [2.24, 2.45) is 0 Å². The van der Waals surface area contributed by atoms with Gasteiger partial charge in [-0.3, -0.25) is 0 Å². The van der Waals surface area contributed by atoms with E-state index in [9.17, 15) is 8.42 Å². The van der Waals surface area contributed by atoms with Gasteiger partial charge in [-0.05, 0) is 31.9 Å². The molecule has 7 nitrogen and oxygen atoms in total. The molecular weight excluding hydrogens is 328 g/mol. The highest BCUT2D eigenvalue weighted by Crippen LogP contribution is 2.44. The third-order valence-electron chi connectivity index (χ3n) is 4.90. The lowest BCUT2D eigenvalue weighted by Crippen LogP contribution is -2.33. The van der Waals surface area contributed by atoms with Crippen LogP contribution in [0.5, 0.6) is 0 Å². The van der Waals surface area contributed by atoms with Crippen LogP contribution >= 0.6 is 0 Å². The first-order valence-electron chi connectivity index (χ1n) is 7.89. The molecule has 0 spiro atoms. The molecule has 0 N–H and O–H groups in total. The Labute approximate surface area is 139 Å². The number of fused-ring (bicyclic) bond motifs is 1. The number of sulfone groups is 1. The van der Waals surface area contributed by atoms with Crippen LogP contribution in [0.3, 0.4) is 0 Å². The van der Waals surface area contributed by atoms with E-state index in [-0.39, 0.29) is 5.82 Å². The van der Waals surface area contributed by atoms with E-state index < -0.39 is 14.6 Å². The first kappa shape index (κ1) is 15.3. The molecule has 3 heterocycles. The van der Waals surface area contributed by atoms with E-state index in [1.54, 1.807) is 6.20 Å². The van der Waals surface area contributed by atoms with Crippen molar-refractivity contribution in [3.05, 3.63) is 36.0 Å². The van der Waals surface area contributed by atoms with E-state index in [1.807, 2.05) is 29.7 Å². The van der Waals surface area contributed by atoms with Gasteiger partial charge in [-0.2, -0.15) is 4.98 Å². The van der Waals surface area contributed by atoms with Crippen LogP contribution in [0.25, 0.3) is 17.1 Å². The summed E-state index contributed by atoms with van der Waals surface area (Å²) in [5, 5.41) is 4.01. The second-order valence-electron chi connectivity index (χ2n) is 6.44. The standard InChI is InChI=1S/C16H18N4O3S/c1-11-10-17-13-9-12(5-8-20(11)13)14-18-15(19-23-14)16(24(2,21)22)6-3-4-7-16/h5,8-10H,3-4,6-7H2,1-2H3. The van der Waals surface area contributed by atoms with Gasteiger partial charge in [-0.1, -0.05) is 18.0 Å². The molecule has 0 aromatic carbocycles. The highest BCUT2D eigenvalue weighted by atomic mass is 32.2. The van der Waals surface area contributed by atoms with E-state index in [0.717, 1.165) is 29.7 Å². The molecule has 1 fully saturated rings. The number of pyridine rings is 1. The quantitative estimate of drug-likeness (QED) is 0.724. The average molecular weight is 346 g/mol. The SMILES string of the molecule is Cc1cnc2cc(-c3nc(C4(S(C)(=O)=O)CCCC4)no3)ccn12. The molecule has 126 valence electrons. The molecule has 1 aliphatic carbocycles. The number of hydrogen-bond donors (Lipinski definition) is 0. The average Bonchev–Trinajstić information content (AvgIpc) is 3.25. The van der Waals surface area contributed by atoms with Gasteiger partial charge in [0.25, 0.3) is 5.89 Å². The lowest BCUT2D eigenvalue weighted by Gasteiger charge is -2.22. The molecule has 0 radical (unpaired) electrons. The monoisotopic (exact) mass is 346 g/mol. The zero-order valence-electron chi connectivity index (χ0n) is 13.6. The Morgan fingerprint density at radius 1 is 1.29 bits per heavy atom. The van der Waals surface area contributed by atoms with E-state index >= 15 is 0 Å². The molecule has 0 bridgehead atoms. The van der Waals surface area contributed by atoms with Gasteiger partial charge in [0.15, 0.2) is 15.7 Å². The minimum atomic E-state index is -3.32. The van der Waals surface area contributed by atoms with Gasteiger partial charge in [0.2, 0.25) is 0 Å². The Balaban J connectivity index is 1.78. The highest BCUT2D eigenvalue weighted by molar-refractivity contribution is 7.91. The first-order valence-corrected chi connectivity index (χ1v) is 9.78. The van der Waals surface area contributed by atoms with Crippen molar-refractivity contribution in [1.82, 2.24) is 19.5 Å². The number of aromatic nitrogens is 4. The van der Waals surface area contributed by atoms with Gasteiger partial charge < -0.3 is 8.92 Å². The predicted octanol–water partition coefficient (Wildman–Crippen LogP) is 2.51. The fraction of sp³-hybridized carbons (Fsp3) is 0.438. The van der Waals surface area contributed by atoms with E-state index in [2.05, 4.69) is 15.1 Å². The molecule has 8 heteroatoms. The molecule has 0 amide bonds. The zero-order chi connectivity index (χ0) is 16.9. The third kappa shape index (κ3) is 2.16. The smallest absolute Gasteiger partial charge is 0.258 e. The number of aryl methyl sites for hydroxylation is 1. The molecule has 3 aromatic rings. The van der Waals surface area contributed by atoms with Gasteiger partial charge in [-0.25, -0.2) is 13.4 Å². The number of rotatable bonds is 3. The molecule has 0 saturated heterocycles. The molecule has 0 unspecified atom stereocenters.